The number of halogens is 1. The Balaban J connectivity index is 2.94. The van der Waals surface area contributed by atoms with Crippen LogP contribution in [0.15, 0.2) is 18.2 Å². The van der Waals surface area contributed by atoms with Crippen LogP contribution in [0.3, 0.4) is 0 Å². The zero-order chi connectivity index (χ0) is 13.6. The van der Waals surface area contributed by atoms with Crippen LogP contribution in [0.2, 0.25) is 0 Å². The fourth-order valence-electron chi connectivity index (χ4n) is 1.36. The molecule has 1 N–H and O–H groups in total. The largest absolute Gasteiger partial charge is 0.497 e. The van der Waals surface area contributed by atoms with Crippen molar-refractivity contribution in [1.82, 2.24) is 0 Å². The van der Waals surface area contributed by atoms with E-state index in [-0.39, 0.29) is 5.75 Å². The molecule has 0 spiro atoms. The van der Waals surface area contributed by atoms with Gasteiger partial charge < -0.3 is 9.47 Å². The van der Waals surface area contributed by atoms with Crippen LogP contribution in [0.1, 0.15) is 6.42 Å². The van der Waals surface area contributed by atoms with E-state index in [0.29, 0.717) is 29.5 Å². The summed E-state index contributed by atoms with van der Waals surface area (Å²) in [6.07, 6.45) is 0.392. The third-order valence-electron chi connectivity index (χ3n) is 2.22. The number of ether oxygens (including phenoxy) is 2. The molecule has 102 valence electrons. The highest BCUT2D eigenvalue weighted by atomic mass is 35.5. The van der Waals surface area contributed by atoms with Gasteiger partial charge in [0.25, 0.3) is 0 Å². The van der Waals surface area contributed by atoms with Crippen molar-refractivity contribution in [3.05, 3.63) is 18.2 Å². The van der Waals surface area contributed by atoms with Gasteiger partial charge in [0.1, 0.15) is 11.5 Å². The van der Waals surface area contributed by atoms with Crippen molar-refractivity contribution in [2.24, 2.45) is 0 Å². The van der Waals surface area contributed by atoms with E-state index in [1.54, 1.807) is 18.2 Å². The van der Waals surface area contributed by atoms with Gasteiger partial charge in [-0.3, -0.25) is 4.72 Å². The molecule has 0 atom stereocenters. The second kappa shape index (κ2) is 6.70. The summed E-state index contributed by atoms with van der Waals surface area (Å²) >= 11 is 5.48. The molecule has 0 fully saturated rings. The summed E-state index contributed by atoms with van der Waals surface area (Å²) in [5, 5.41) is 0. The molecule has 0 aliphatic carbocycles. The van der Waals surface area contributed by atoms with Gasteiger partial charge in [0.05, 0.1) is 25.7 Å². The first-order valence-corrected chi connectivity index (χ1v) is 7.49. The first-order valence-electron chi connectivity index (χ1n) is 5.31. The highest BCUT2D eigenvalue weighted by Crippen LogP contribution is 2.29. The summed E-state index contributed by atoms with van der Waals surface area (Å²) in [6, 6.07) is 4.89. The van der Waals surface area contributed by atoms with E-state index in [0.717, 1.165) is 0 Å². The summed E-state index contributed by atoms with van der Waals surface area (Å²) in [6.45, 7) is 0. The molecule has 0 bridgehead atoms. The number of benzene rings is 1. The number of sulfonamides is 1. The minimum absolute atomic E-state index is 0.0309. The van der Waals surface area contributed by atoms with E-state index in [9.17, 15) is 8.42 Å². The average molecular weight is 294 g/mol. The molecular weight excluding hydrogens is 278 g/mol. The second-order valence-corrected chi connectivity index (χ2v) is 5.75. The van der Waals surface area contributed by atoms with Crippen LogP contribution in [0, 0.1) is 0 Å². The van der Waals surface area contributed by atoms with Crippen molar-refractivity contribution < 1.29 is 17.9 Å². The molecule has 0 radical (unpaired) electrons. The molecule has 0 unspecified atom stereocenters. The Kier molecular flexibility index (Phi) is 5.55. The Bertz CT molecular complexity index is 490. The zero-order valence-electron chi connectivity index (χ0n) is 10.3. The van der Waals surface area contributed by atoms with Gasteiger partial charge in [-0.15, -0.1) is 11.6 Å². The van der Waals surface area contributed by atoms with Crippen LogP contribution in [-0.4, -0.2) is 34.3 Å². The van der Waals surface area contributed by atoms with Gasteiger partial charge in [0.2, 0.25) is 10.0 Å². The molecule has 1 aromatic rings. The summed E-state index contributed by atoms with van der Waals surface area (Å²) in [5.41, 5.74) is 0.353. The molecular formula is C11H16ClNO4S. The molecule has 1 rings (SSSR count). The van der Waals surface area contributed by atoms with Crippen molar-refractivity contribution in [2.75, 3.05) is 30.6 Å². The van der Waals surface area contributed by atoms with Crippen LogP contribution in [0.4, 0.5) is 5.69 Å². The number of hydrogen-bond acceptors (Lipinski definition) is 4. The molecule has 1 aromatic carbocycles. The molecule has 18 heavy (non-hydrogen) atoms. The maximum absolute atomic E-state index is 11.8. The van der Waals surface area contributed by atoms with Crippen LogP contribution in [0.25, 0.3) is 0 Å². The minimum atomic E-state index is -3.42. The third kappa shape index (κ3) is 4.27. The third-order valence-corrected chi connectivity index (χ3v) is 3.84. The van der Waals surface area contributed by atoms with Gasteiger partial charge in [-0.2, -0.15) is 0 Å². The molecule has 0 saturated carbocycles. The van der Waals surface area contributed by atoms with Crippen LogP contribution >= 0.6 is 11.6 Å². The smallest absolute Gasteiger partial charge is 0.232 e. The van der Waals surface area contributed by atoms with E-state index in [4.69, 9.17) is 21.1 Å². The van der Waals surface area contributed by atoms with Gasteiger partial charge in [0.15, 0.2) is 0 Å². The topological polar surface area (TPSA) is 64.6 Å². The van der Waals surface area contributed by atoms with Crippen LogP contribution in [-0.2, 0) is 10.0 Å². The number of alkyl halides is 1. The van der Waals surface area contributed by atoms with Gasteiger partial charge in [-0.05, 0) is 18.6 Å². The minimum Gasteiger partial charge on any atom is -0.497 e. The van der Waals surface area contributed by atoms with Crippen LogP contribution < -0.4 is 14.2 Å². The Morgan fingerprint density at radius 2 is 2.00 bits per heavy atom. The summed E-state index contributed by atoms with van der Waals surface area (Å²) < 4.78 is 36.1. The molecule has 5 nitrogen and oxygen atoms in total. The fourth-order valence-corrected chi connectivity index (χ4v) is 2.77. The van der Waals surface area contributed by atoms with E-state index in [1.807, 2.05) is 0 Å². The maximum atomic E-state index is 11.8. The maximum Gasteiger partial charge on any atom is 0.232 e. The lowest BCUT2D eigenvalue weighted by Gasteiger charge is -2.12. The zero-order valence-corrected chi connectivity index (χ0v) is 11.8. The predicted octanol–water partition coefficient (Wildman–Crippen LogP) is 2.07. The second-order valence-electron chi connectivity index (χ2n) is 3.53. The van der Waals surface area contributed by atoms with Crippen molar-refractivity contribution in [2.45, 2.75) is 6.42 Å². The SMILES string of the molecule is COc1ccc(OC)c(NS(=O)(=O)CCCCl)c1. The lowest BCUT2D eigenvalue weighted by atomic mass is 10.3. The van der Waals surface area contributed by atoms with E-state index in [2.05, 4.69) is 4.72 Å². The van der Waals surface area contributed by atoms with Crippen LogP contribution in [0.5, 0.6) is 11.5 Å². The molecule has 7 heteroatoms. The van der Waals surface area contributed by atoms with Crippen molar-refractivity contribution >= 4 is 27.3 Å². The fraction of sp³-hybridized carbons (Fsp3) is 0.455. The van der Waals surface area contributed by atoms with Gasteiger partial charge in [-0.1, -0.05) is 0 Å². The number of methoxy groups -OCH3 is 2. The normalized spacial score (nSPS) is 11.1. The molecule has 0 aliphatic heterocycles. The first-order chi connectivity index (χ1) is 8.52. The Morgan fingerprint density at radius 1 is 1.28 bits per heavy atom. The predicted molar refractivity (Wildman–Crippen MR) is 72.3 cm³/mol. The number of nitrogens with one attached hydrogen (secondary N) is 1. The molecule has 0 amide bonds. The monoisotopic (exact) mass is 293 g/mol. The molecule has 0 heterocycles. The summed E-state index contributed by atoms with van der Waals surface area (Å²) in [7, 11) is -0.446. The first kappa shape index (κ1) is 14.9. The van der Waals surface area contributed by atoms with Crippen molar-refractivity contribution in [3.63, 3.8) is 0 Å². The number of anilines is 1. The summed E-state index contributed by atoms with van der Waals surface area (Å²) in [4.78, 5) is 0. The summed E-state index contributed by atoms with van der Waals surface area (Å²) in [5.74, 6) is 1.25. The van der Waals surface area contributed by atoms with Gasteiger partial charge in [-0.25, -0.2) is 8.42 Å². The number of hydrogen-bond donors (Lipinski definition) is 1. The van der Waals surface area contributed by atoms with Crippen molar-refractivity contribution in [3.8, 4) is 11.5 Å². The highest BCUT2D eigenvalue weighted by molar-refractivity contribution is 7.92. The Labute approximate surface area is 112 Å². The molecule has 0 aliphatic rings. The highest BCUT2D eigenvalue weighted by Gasteiger charge is 2.13. The molecule has 0 saturated heterocycles. The lowest BCUT2D eigenvalue weighted by molar-refractivity contribution is 0.405. The Morgan fingerprint density at radius 3 is 2.56 bits per heavy atom. The standard InChI is InChI=1S/C11H16ClNO4S/c1-16-9-4-5-11(17-2)10(8-9)13-18(14,15)7-3-6-12/h4-5,8,13H,3,6-7H2,1-2H3. The lowest BCUT2D eigenvalue weighted by Crippen LogP contribution is -2.17. The van der Waals surface area contributed by atoms with E-state index >= 15 is 0 Å². The quantitative estimate of drug-likeness (QED) is 0.782. The van der Waals surface area contributed by atoms with Gasteiger partial charge >= 0.3 is 0 Å². The average Bonchev–Trinajstić information content (AvgIpc) is 2.36. The Hall–Kier alpha value is -1.14. The van der Waals surface area contributed by atoms with Crippen molar-refractivity contribution in [1.29, 1.82) is 0 Å². The molecule has 0 aromatic heterocycles. The number of rotatable bonds is 7. The van der Waals surface area contributed by atoms with E-state index < -0.39 is 10.0 Å². The van der Waals surface area contributed by atoms with Gasteiger partial charge in [0, 0.05) is 11.9 Å². The van der Waals surface area contributed by atoms with E-state index in [1.165, 1.54) is 14.2 Å².